The maximum Gasteiger partial charge on any atom is 0.335 e. The third-order valence-corrected chi connectivity index (χ3v) is 2.80. The molecule has 0 fully saturated rings. The van der Waals surface area contributed by atoms with Crippen LogP contribution in [0.5, 0.6) is 5.75 Å². The first-order chi connectivity index (χ1) is 8.46. The number of hydrogen-bond acceptors (Lipinski definition) is 3. The van der Waals surface area contributed by atoms with Gasteiger partial charge >= 0.3 is 5.97 Å². The van der Waals surface area contributed by atoms with Gasteiger partial charge in [0.1, 0.15) is 5.75 Å². The van der Waals surface area contributed by atoms with Crippen molar-refractivity contribution in [1.29, 1.82) is 0 Å². The monoisotopic (exact) mass is 252 g/mol. The molecule has 0 aromatic heterocycles. The number of benzene rings is 1. The van der Waals surface area contributed by atoms with E-state index in [0.29, 0.717) is 6.29 Å². The number of carboxylic acid groups (broad SMARTS) is 1. The molecule has 0 atom stereocenters. The fourth-order valence-electron chi connectivity index (χ4n) is 1.07. The number of carbonyl (C=O) groups excluding carboxylic acids is 1. The molecule has 0 saturated heterocycles. The lowest BCUT2D eigenvalue weighted by Crippen LogP contribution is -1.96. The quantitative estimate of drug-likeness (QED) is 0.806. The number of aromatic carboxylic acids is 1. The van der Waals surface area contributed by atoms with E-state index in [0.717, 1.165) is 12.0 Å². The Morgan fingerprint density at radius 2 is 1.89 bits per heavy atom. The van der Waals surface area contributed by atoms with Crippen molar-refractivity contribution >= 4 is 12.3 Å². The van der Waals surface area contributed by atoms with Gasteiger partial charge in [0.2, 0.25) is 0 Å². The highest BCUT2D eigenvalue weighted by atomic mass is 16.4. The Bertz CT molecular complexity index is 395. The predicted octanol–water partition coefficient (Wildman–Crippen LogP) is 3.35. The molecular weight excluding hydrogens is 232 g/mol. The first-order valence-corrected chi connectivity index (χ1v) is 5.97. The molecule has 0 bridgehead atoms. The molecule has 0 unspecified atom stereocenters. The van der Waals surface area contributed by atoms with Gasteiger partial charge in [0.05, 0.1) is 11.1 Å². The Balaban J connectivity index is 0.000000411. The molecule has 0 aliphatic carbocycles. The summed E-state index contributed by atoms with van der Waals surface area (Å²) in [5.74, 6) is -0.516. The van der Waals surface area contributed by atoms with Crippen LogP contribution < -0.4 is 0 Å². The Morgan fingerprint density at radius 3 is 2.17 bits per heavy atom. The second-order valence-corrected chi connectivity index (χ2v) is 4.12. The van der Waals surface area contributed by atoms with Crippen molar-refractivity contribution in [3.63, 3.8) is 0 Å². The van der Waals surface area contributed by atoms with Crippen molar-refractivity contribution in [2.24, 2.45) is 5.92 Å². The largest absolute Gasteiger partial charge is 0.507 e. The normalized spacial score (nSPS) is 9.56. The smallest absolute Gasteiger partial charge is 0.335 e. The van der Waals surface area contributed by atoms with Crippen molar-refractivity contribution in [3.05, 3.63) is 29.3 Å². The van der Waals surface area contributed by atoms with E-state index in [-0.39, 0.29) is 16.9 Å². The van der Waals surface area contributed by atoms with Crippen LogP contribution in [0, 0.1) is 5.92 Å². The molecule has 0 amide bonds. The van der Waals surface area contributed by atoms with Crippen molar-refractivity contribution in [1.82, 2.24) is 0 Å². The molecule has 100 valence electrons. The van der Waals surface area contributed by atoms with Crippen molar-refractivity contribution in [3.8, 4) is 5.75 Å². The highest BCUT2D eigenvalue weighted by Crippen LogP contribution is 2.16. The molecule has 4 nitrogen and oxygen atoms in total. The molecule has 0 radical (unpaired) electrons. The Kier molecular flexibility index (Phi) is 7.43. The van der Waals surface area contributed by atoms with E-state index in [1.165, 1.54) is 25.0 Å². The molecule has 1 rings (SSSR count). The van der Waals surface area contributed by atoms with Crippen LogP contribution in [0.25, 0.3) is 0 Å². The van der Waals surface area contributed by atoms with E-state index in [1.54, 1.807) is 0 Å². The molecule has 0 aliphatic rings. The molecule has 0 heterocycles. The molecule has 1 aromatic carbocycles. The summed E-state index contributed by atoms with van der Waals surface area (Å²) in [7, 11) is 0. The summed E-state index contributed by atoms with van der Waals surface area (Å²) in [6.45, 7) is 6.74. The van der Waals surface area contributed by atoms with Crippen molar-refractivity contribution < 1.29 is 19.8 Å². The topological polar surface area (TPSA) is 74.6 Å². The summed E-state index contributed by atoms with van der Waals surface area (Å²) in [6, 6.07) is 3.55. The van der Waals surface area contributed by atoms with Crippen LogP contribution in [-0.4, -0.2) is 22.5 Å². The van der Waals surface area contributed by atoms with Crippen LogP contribution in [-0.2, 0) is 0 Å². The predicted molar refractivity (Wildman–Crippen MR) is 70.2 cm³/mol. The minimum Gasteiger partial charge on any atom is -0.507 e. The van der Waals surface area contributed by atoms with Crippen LogP contribution in [0.1, 0.15) is 54.3 Å². The minimum absolute atomic E-state index is 0.0434. The molecule has 1 aromatic rings. The summed E-state index contributed by atoms with van der Waals surface area (Å²) >= 11 is 0. The summed E-state index contributed by atoms with van der Waals surface area (Å²) < 4.78 is 0. The second-order valence-electron chi connectivity index (χ2n) is 4.12. The zero-order valence-corrected chi connectivity index (χ0v) is 11.0. The van der Waals surface area contributed by atoms with Gasteiger partial charge in [0.25, 0.3) is 0 Å². The third kappa shape index (κ3) is 5.48. The van der Waals surface area contributed by atoms with Crippen LogP contribution in [0.3, 0.4) is 0 Å². The molecule has 4 heteroatoms. The molecule has 0 saturated carbocycles. The lowest BCUT2D eigenvalue weighted by molar-refractivity contribution is 0.0696. The second kappa shape index (κ2) is 8.28. The fourth-order valence-corrected chi connectivity index (χ4v) is 1.07. The van der Waals surface area contributed by atoms with Gasteiger partial charge in [-0.2, -0.15) is 0 Å². The highest BCUT2D eigenvalue weighted by molar-refractivity contribution is 5.90. The van der Waals surface area contributed by atoms with Crippen molar-refractivity contribution in [2.45, 2.75) is 33.6 Å². The fraction of sp³-hybridized carbons (Fsp3) is 0.429. The van der Waals surface area contributed by atoms with Gasteiger partial charge < -0.3 is 10.2 Å². The molecule has 18 heavy (non-hydrogen) atoms. The summed E-state index contributed by atoms with van der Waals surface area (Å²) in [4.78, 5) is 20.6. The van der Waals surface area contributed by atoms with E-state index in [2.05, 4.69) is 20.8 Å². The van der Waals surface area contributed by atoms with Crippen LogP contribution in [0.15, 0.2) is 18.2 Å². The van der Waals surface area contributed by atoms with Gasteiger partial charge in [-0.05, 0) is 24.1 Å². The number of phenolic OH excluding ortho intramolecular Hbond substituents is 1. The van der Waals surface area contributed by atoms with Gasteiger partial charge in [0, 0.05) is 0 Å². The Labute approximate surface area is 107 Å². The van der Waals surface area contributed by atoms with Crippen molar-refractivity contribution in [2.75, 3.05) is 0 Å². The van der Waals surface area contributed by atoms with E-state index >= 15 is 0 Å². The average Bonchev–Trinajstić information content (AvgIpc) is 2.38. The van der Waals surface area contributed by atoms with Crippen LogP contribution in [0.2, 0.25) is 0 Å². The van der Waals surface area contributed by atoms with E-state index < -0.39 is 5.97 Å². The standard InChI is InChI=1S/C8H6O4.C6H14/c9-4-6-2-1-5(8(11)12)3-7(6)10;1-4-6(3)5-2/h1-4,10H,(H,11,12);6H,4-5H2,1-3H3. The summed E-state index contributed by atoms with van der Waals surface area (Å²) in [6.07, 6.45) is 3.12. The van der Waals surface area contributed by atoms with Gasteiger partial charge in [-0.25, -0.2) is 4.79 Å². The Morgan fingerprint density at radius 1 is 1.33 bits per heavy atom. The first kappa shape index (κ1) is 16.2. The van der Waals surface area contributed by atoms with E-state index in [9.17, 15) is 9.59 Å². The number of carboxylic acids is 1. The lowest BCUT2D eigenvalue weighted by atomic mass is 10.1. The SMILES string of the molecule is CCC(C)CC.O=Cc1ccc(C(=O)O)cc1O. The summed E-state index contributed by atoms with van der Waals surface area (Å²) in [5.41, 5.74) is 0.0399. The number of aromatic hydroxyl groups is 1. The zero-order valence-electron chi connectivity index (χ0n) is 11.0. The third-order valence-electron chi connectivity index (χ3n) is 2.80. The summed E-state index contributed by atoms with van der Waals surface area (Å²) in [5, 5.41) is 17.5. The van der Waals surface area contributed by atoms with Gasteiger partial charge in [0.15, 0.2) is 6.29 Å². The molecule has 2 N–H and O–H groups in total. The minimum atomic E-state index is -1.14. The van der Waals surface area contributed by atoms with Crippen LogP contribution >= 0.6 is 0 Å². The maximum atomic E-state index is 10.4. The lowest BCUT2D eigenvalue weighted by Gasteiger charge is -1.98. The number of hydrogen-bond donors (Lipinski definition) is 2. The number of aldehydes is 1. The van der Waals surface area contributed by atoms with Gasteiger partial charge in [-0.1, -0.05) is 33.6 Å². The van der Waals surface area contributed by atoms with E-state index in [1.807, 2.05) is 0 Å². The van der Waals surface area contributed by atoms with Gasteiger partial charge in [-0.3, -0.25) is 4.79 Å². The highest BCUT2D eigenvalue weighted by Gasteiger charge is 2.05. The number of rotatable bonds is 4. The number of carbonyl (C=O) groups is 2. The molecular formula is C14H20O4. The average molecular weight is 252 g/mol. The first-order valence-electron chi connectivity index (χ1n) is 5.97. The molecule has 0 spiro atoms. The number of phenols is 1. The Hall–Kier alpha value is -1.84. The van der Waals surface area contributed by atoms with Crippen LogP contribution in [0.4, 0.5) is 0 Å². The molecule has 0 aliphatic heterocycles. The zero-order chi connectivity index (χ0) is 14.1. The van der Waals surface area contributed by atoms with Gasteiger partial charge in [-0.15, -0.1) is 0 Å². The maximum absolute atomic E-state index is 10.4. The van der Waals surface area contributed by atoms with E-state index in [4.69, 9.17) is 10.2 Å².